The number of hydrogen-bond donors (Lipinski definition) is 0. The maximum absolute atomic E-state index is 12.3. The van der Waals surface area contributed by atoms with E-state index in [2.05, 4.69) is 10.3 Å². The van der Waals surface area contributed by atoms with Crippen molar-refractivity contribution in [3.63, 3.8) is 0 Å². The lowest BCUT2D eigenvalue weighted by molar-refractivity contribution is -0.497. The SMILES string of the molecule is COc1ccc(-c2nc(CN3CCN(C(=O)[C@H]4C[C@H]4[N+](=O)[O-])CC3)cs2)cc1. The molecule has 1 saturated heterocycles. The number of piperazine rings is 1. The van der Waals surface area contributed by atoms with E-state index in [0.717, 1.165) is 41.6 Å². The maximum atomic E-state index is 12.3. The van der Waals surface area contributed by atoms with E-state index in [1.165, 1.54) is 0 Å². The van der Waals surface area contributed by atoms with Crippen molar-refractivity contribution in [2.75, 3.05) is 33.3 Å². The van der Waals surface area contributed by atoms with Gasteiger partial charge in [0.25, 0.3) is 0 Å². The van der Waals surface area contributed by atoms with Gasteiger partial charge in [-0.1, -0.05) is 0 Å². The Labute approximate surface area is 166 Å². The summed E-state index contributed by atoms with van der Waals surface area (Å²) in [6.45, 7) is 3.51. The highest BCUT2D eigenvalue weighted by Crippen LogP contribution is 2.35. The lowest BCUT2D eigenvalue weighted by Crippen LogP contribution is -2.49. The molecule has 4 rings (SSSR count). The molecule has 1 aromatic heterocycles. The molecule has 2 heterocycles. The van der Waals surface area contributed by atoms with Crippen molar-refractivity contribution < 1.29 is 14.5 Å². The molecule has 0 N–H and O–H groups in total. The Morgan fingerprint density at radius 2 is 2.00 bits per heavy atom. The second kappa shape index (κ2) is 7.84. The summed E-state index contributed by atoms with van der Waals surface area (Å²) in [5, 5.41) is 13.8. The van der Waals surface area contributed by atoms with Gasteiger partial charge in [-0.2, -0.15) is 0 Å². The molecule has 0 spiro atoms. The van der Waals surface area contributed by atoms with Crippen LogP contribution in [0.1, 0.15) is 12.1 Å². The molecular formula is C19H22N4O4S. The lowest BCUT2D eigenvalue weighted by Gasteiger charge is -2.34. The van der Waals surface area contributed by atoms with Gasteiger partial charge in [-0.15, -0.1) is 11.3 Å². The third-order valence-corrected chi connectivity index (χ3v) is 6.24. The van der Waals surface area contributed by atoms with Crippen molar-refractivity contribution >= 4 is 17.2 Å². The molecule has 1 aliphatic heterocycles. The van der Waals surface area contributed by atoms with Crippen LogP contribution in [0.5, 0.6) is 5.75 Å². The zero-order valence-electron chi connectivity index (χ0n) is 15.6. The first-order valence-electron chi connectivity index (χ1n) is 9.28. The monoisotopic (exact) mass is 402 g/mol. The van der Waals surface area contributed by atoms with Crippen molar-refractivity contribution in [3.05, 3.63) is 45.5 Å². The summed E-state index contributed by atoms with van der Waals surface area (Å²) in [7, 11) is 1.65. The topological polar surface area (TPSA) is 88.8 Å². The molecule has 9 heteroatoms. The molecule has 0 radical (unpaired) electrons. The van der Waals surface area contributed by atoms with Gasteiger partial charge >= 0.3 is 0 Å². The summed E-state index contributed by atoms with van der Waals surface area (Å²) in [4.78, 5) is 31.5. The van der Waals surface area contributed by atoms with E-state index < -0.39 is 12.0 Å². The molecule has 2 atom stereocenters. The van der Waals surface area contributed by atoms with Crippen LogP contribution in [0.25, 0.3) is 10.6 Å². The highest BCUT2D eigenvalue weighted by Gasteiger charge is 2.54. The van der Waals surface area contributed by atoms with Crippen LogP contribution in [0.2, 0.25) is 0 Å². The zero-order chi connectivity index (χ0) is 19.7. The molecule has 0 unspecified atom stereocenters. The minimum Gasteiger partial charge on any atom is -0.497 e. The van der Waals surface area contributed by atoms with Gasteiger partial charge in [-0.25, -0.2) is 4.98 Å². The Kier molecular flexibility index (Phi) is 5.27. The fourth-order valence-corrected chi connectivity index (χ4v) is 4.33. The van der Waals surface area contributed by atoms with Crippen LogP contribution in [0.3, 0.4) is 0 Å². The van der Waals surface area contributed by atoms with Gasteiger partial charge < -0.3 is 9.64 Å². The van der Waals surface area contributed by atoms with E-state index >= 15 is 0 Å². The predicted octanol–water partition coefficient (Wildman–Crippen LogP) is 2.13. The lowest BCUT2D eigenvalue weighted by atomic mass is 10.2. The molecule has 1 saturated carbocycles. The summed E-state index contributed by atoms with van der Waals surface area (Å²) < 4.78 is 5.19. The van der Waals surface area contributed by atoms with Gasteiger partial charge in [-0.3, -0.25) is 19.8 Å². The summed E-state index contributed by atoms with van der Waals surface area (Å²) in [6.07, 6.45) is 0.388. The number of aromatic nitrogens is 1. The molecule has 0 bridgehead atoms. The van der Waals surface area contributed by atoms with E-state index in [1.807, 2.05) is 24.3 Å². The van der Waals surface area contributed by atoms with Crippen LogP contribution in [0, 0.1) is 16.0 Å². The van der Waals surface area contributed by atoms with Gasteiger partial charge in [0.15, 0.2) is 0 Å². The van der Waals surface area contributed by atoms with E-state index in [9.17, 15) is 14.9 Å². The van der Waals surface area contributed by atoms with Crippen LogP contribution in [-0.4, -0.2) is 64.9 Å². The van der Waals surface area contributed by atoms with Gasteiger partial charge in [0.05, 0.1) is 12.8 Å². The summed E-state index contributed by atoms with van der Waals surface area (Å²) in [5.74, 6) is 0.354. The van der Waals surface area contributed by atoms with Gasteiger partial charge in [0, 0.05) is 55.0 Å². The molecule has 2 aliphatic rings. The summed E-state index contributed by atoms with van der Waals surface area (Å²) in [6, 6.07) is 7.19. The molecule has 1 aromatic carbocycles. The Bertz CT molecular complexity index is 861. The molecule has 1 amide bonds. The maximum Gasteiger partial charge on any atom is 0.232 e. The third kappa shape index (κ3) is 4.00. The molecule has 1 aliphatic carbocycles. The average molecular weight is 402 g/mol. The Balaban J connectivity index is 1.29. The number of hydrogen-bond acceptors (Lipinski definition) is 7. The minimum atomic E-state index is -0.670. The first-order chi connectivity index (χ1) is 13.5. The molecule has 2 aromatic rings. The second-order valence-electron chi connectivity index (χ2n) is 7.17. The normalized spacial score (nSPS) is 22.1. The number of thiazole rings is 1. The molecule has 148 valence electrons. The number of nitrogens with zero attached hydrogens (tertiary/aromatic N) is 4. The smallest absolute Gasteiger partial charge is 0.232 e. The zero-order valence-corrected chi connectivity index (χ0v) is 16.4. The molecule has 2 fully saturated rings. The number of rotatable bonds is 6. The Hall–Kier alpha value is -2.52. The standard InChI is InChI=1S/C19H22N4O4S/c1-27-15-4-2-13(3-5-15)18-20-14(12-28-18)11-21-6-8-22(9-7-21)19(24)16-10-17(16)23(25)26/h2-5,12,16-17H,6-11H2,1H3/t16-,17+/m0/s1. The average Bonchev–Trinajstić information content (AvgIpc) is 3.40. The highest BCUT2D eigenvalue weighted by molar-refractivity contribution is 7.13. The first kappa shape index (κ1) is 18.8. The molecule has 8 nitrogen and oxygen atoms in total. The van der Waals surface area contributed by atoms with E-state index in [1.54, 1.807) is 23.3 Å². The fraction of sp³-hybridized carbons (Fsp3) is 0.474. The third-order valence-electron chi connectivity index (χ3n) is 5.30. The van der Waals surface area contributed by atoms with Crippen LogP contribution in [-0.2, 0) is 11.3 Å². The van der Waals surface area contributed by atoms with Crippen molar-refractivity contribution in [2.24, 2.45) is 5.92 Å². The molecule has 28 heavy (non-hydrogen) atoms. The van der Waals surface area contributed by atoms with Crippen molar-refractivity contribution in [1.29, 1.82) is 0 Å². The van der Waals surface area contributed by atoms with Gasteiger partial charge in [-0.05, 0) is 24.3 Å². The minimum absolute atomic E-state index is 0.0585. The Morgan fingerprint density at radius 3 is 2.61 bits per heavy atom. The van der Waals surface area contributed by atoms with Crippen molar-refractivity contribution in [2.45, 2.75) is 19.0 Å². The first-order valence-corrected chi connectivity index (χ1v) is 10.2. The van der Waals surface area contributed by atoms with E-state index in [0.29, 0.717) is 19.5 Å². The number of ether oxygens (including phenoxy) is 1. The van der Waals surface area contributed by atoms with E-state index in [-0.39, 0.29) is 10.8 Å². The van der Waals surface area contributed by atoms with Crippen LogP contribution < -0.4 is 4.74 Å². The van der Waals surface area contributed by atoms with Crippen molar-refractivity contribution in [1.82, 2.24) is 14.8 Å². The van der Waals surface area contributed by atoms with E-state index in [4.69, 9.17) is 9.72 Å². The number of amides is 1. The number of nitro groups is 1. The highest BCUT2D eigenvalue weighted by atomic mass is 32.1. The number of methoxy groups -OCH3 is 1. The van der Waals surface area contributed by atoms with Gasteiger partial charge in [0.2, 0.25) is 11.9 Å². The predicted molar refractivity (Wildman–Crippen MR) is 105 cm³/mol. The number of benzene rings is 1. The fourth-order valence-electron chi connectivity index (χ4n) is 3.52. The van der Waals surface area contributed by atoms with Crippen molar-refractivity contribution in [3.8, 4) is 16.3 Å². The number of carbonyl (C=O) groups excluding carboxylic acids is 1. The van der Waals surface area contributed by atoms with Crippen LogP contribution in [0.4, 0.5) is 0 Å². The largest absolute Gasteiger partial charge is 0.497 e. The van der Waals surface area contributed by atoms with Crippen LogP contribution >= 0.6 is 11.3 Å². The number of carbonyl (C=O) groups is 1. The Morgan fingerprint density at radius 1 is 1.29 bits per heavy atom. The van der Waals surface area contributed by atoms with Gasteiger partial charge in [0.1, 0.15) is 16.7 Å². The van der Waals surface area contributed by atoms with Crippen LogP contribution in [0.15, 0.2) is 29.6 Å². The quantitative estimate of drug-likeness (QED) is 0.543. The summed E-state index contributed by atoms with van der Waals surface area (Å²) >= 11 is 1.62. The second-order valence-corrected chi connectivity index (χ2v) is 8.03. The summed E-state index contributed by atoms with van der Waals surface area (Å²) in [5.41, 5.74) is 2.09. The molecular weight excluding hydrogens is 380 g/mol.